The number of aromatic nitrogens is 1. The van der Waals surface area contributed by atoms with Crippen molar-refractivity contribution in [1.82, 2.24) is 4.98 Å². The molecule has 2 unspecified atom stereocenters. The van der Waals surface area contributed by atoms with Crippen LogP contribution >= 0.6 is 0 Å². The summed E-state index contributed by atoms with van der Waals surface area (Å²) in [5.41, 5.74) is 1.47. The number of hydrogen-bond acceptors (Lipinski definition) is 4. The maximum absolute atomic E-state index is 8.96. The molecular formula is C12H15N3O. The normalized spacial score (nSPS) is 24.8. The lowest BCUT2D eigenvalue weighted by Crippen LogP contribution is -2.32. The third-order valence-corrected chi connectivity index (χ3v) is 2.79. The largest absolute Gasteiger partial charge is 0.380 e. The van der Waals surface area contributed by atoms with Gasteiger partial charge in [0, 0.05) is 18.8 Å². The fourth-order valence-electron chi connectivity index (χ4n) is 1.96. The number of rotatable bonds is 2. The van der Waals surface area contributed by atoms with Crippen LogP contribution in [0, 0.1) is 11.3 Å². The van der Waals surface area contributed by atoms with Crippen LogP contribution in [0.2, 0.25) is 0 Å². The highest BCUT2D eigenvalue weighted by Gasteiger charge is 2.19. The zero-order chi connectivity index (χ0) is 11.4. The van der Waals surface area contributed by atoms with E-state index in [0.717, 1.165) is 25.1 Å². The first-order valence-corrected chi connectivity index (χ1v) is 5.52. The first-order valence-electron chi connectivity index (χ1n) is 5.52. The van der Waals surface area contributed by atoms with Crippen LogP contribution in [0.1, 0.15) is 25.3 Å². The molecule has 1 N–H and O–H groups in total. The molecule has 0 bridgehead atoms. The minimum Gasteiger partial charge on any atom is -0.380 e. The summed E-state index contributed by atoms with van der Waals surface area (Å²) in [7, 11) is 0. The number of nitrogens with one attached hydrogen (secondary N) is 1. The summed E-state index contributed by atoms with van der Waals surface area (Å²) in [6, 6.07) is 4.26. The number of nitrogens with zero attached hydrogens (tertiary/aromatic N) is 2. The van der Waals surface area contributed by atoms with E-state index in [1.54, 1.807) is 18.5 Å². The molecule has 1 aliphatic heterocycles. The molecule has 0 aliphatic carbocycles. The van der Waals surface area contributed by atoms with Crippen molar-refractivity contribution >= 4 is 5.69 Å². The average Bonchev–Trinajstić information content (AvgIpc) is 2.30. The number of ether oxygens (including phenoxy) is 1. The number of nitriles is 1. The highest BCUT2D eigenvalue weighted by atomic mass is 16.5. The van der Waals surface area contributed by atoms with Crippen molar-refractivity contribution in [2.75, 3.05) is 11.9 Å². The molecule has 2 atom stereocenters. The Labute approximate surface area is 95.3 Å². The third kappa shape index (κ3) is 2.50. The van der Waals surface area contributed by atoms with E-state index < -0.39 is 0 Å². The molecule has 0 amide bonds. The van der Waals surface area contributed by atoms with Gasteiger partial charge >= 0.3 is 0 Å². The fourth-order valence-corrected chi connectivity index (χ4v) is 1.96. The lowest BCUT2D eigenvalue weighted by molar-refractivity contribution is 0.0232. The standard InChI is InChI=1S/C12H15N3O/c1-9-6-11(3-5-16-9)15-12-8-14-4-2-10(12)7-13/h2,4,8-9,11,15H,3,5-6H2,1H3. The molecule has 4 heteroatoms. The van der Waals surface area contributed by atoms with Gasteiger partial charge in [-0.05, 0) is 25.8 Å². The summed E-state index contributed by atoms with van der Waals surface area (Å²) in [5, 5.41) is 12.3. The summed E-state index contributed by atoms with van der Waals surface area (Å²) in [5.74, 6) is 0. The molecule has 1 aliphatic rings. The van der Waals surface area contributed by atoms with Gasteiger partial charge in [-0.2, -0.15) is 5.26 Å². The van der Waals surface area contributed by atoms with Gasteiger partial charge in [0.15, 0.2) is 0 Å². The van der Waals surface area contributed by atoms with Gasteiger partial charge in [0.2, 0.25) is 0 Å². The number of hydrogen-bond donors (Lipinski definition) is 1. The Hall–Kier alpha value is -1.60. The molecule has 2 rings (SSSR count). The second kappa shape index (κ2) is 4.95. The first kappa shape index (κ1) is 10.9. The van der Waals surface area contributed by atoms with Crippen molar-refractivity contribution < 1.29 is 4.74 Å². The Morgan fingerprint density at radius 1 is 1.62 bits per heavy atom. The molecule has 4 nitrogen and oxygen atoms in total. The summed E-state index contributed by atoms with van der Waals surface area (Å²) in [6.45, 7) is 2.85. The van der Waals surface area contributed by atoms with Crippen LogP contribution in [0.15, 0.2) is 18.5 Å². The van der Waals surface area contributed by atoms with Crippen LogP contribution in [-0.4, -0.2) is 23.7 Å². The van der Waals surface area contributed by atoms with E-state index in [4.69, 9.17) is 10.00 Å². The Kier molecular flexibility index (Phi) is 3.37. The van der Waals surface area contributed by atoms with E-state index >= 15 is 0 Å². The Morgan fingerprint density at radius 3 is 3.25 bits per heavy atom. The zero-order valence-corrected chi connectivity index (χ0v) is 9.31. The van der Waals surface area contributed by atoms with Gasteiger partial charge in [-0.3, -0.25) is 4.98 Å². The fraction of sp³-hybridized carbons (Fsp3) is 0.500. The topological polar surface area (TPSA) is 57.9 Å². The van der Waals surface area contributed by atoms with Gasteiger partial charge in [-0.25, -0.2) is 0 Å². The van der Waals surface area contributed by atoms with Gasteiger partial charge in [0.1, 0.15) is 6.07 Å². The van der Waals surface area contributed by atoms with Gasteiger partial charge in [0.05, 0.1) is 23.6 Å². The Balaban J connectivity index is 2.06. The summed E-state index contributed by atoms with van der Waals surface area (Å²) in [6.07, 6.45) is 5.58. The van der Waals surface area contributed by atoms with E-state index in [1.807, 2.05) is 0 Å². The third-order valence-electron chi connectivity index (χ3n) is 2.79. The summed E-state index contributed by atoms with van der Waals surface area (Å²) < 4.78 is 5.48. The molecule has 0 saturated carbocycles. The van der Waals surface area contributed by atoms with Crippen LogP contribution < -0.4 is 5.32 Å². The molecule has 1 aromatic rings. The second-order valence-corrected chi connectivity index (χ2v) is 4.08. The van der Waals surface area contributed by atoms with Crippen LogP contribution in [0.5, 0.6) is 0 Å². The molecule has 1 fully saturated rings. The first-order chi connectivity index (χ1) is 7.79. The van der Waals surface area contributed by atoms with Crippen molar-refractivity contribution in [3.8, 4) is 6.07 Å². The number of pyridine rings is 1. The van der Waals surface area contributed by atoms with E-state index in [-0.39, 0.29) is 6.10 Å². The SMILES string of the molecule is CC1CC(Nc2cnccc2C#N)CCO1. The lowest BCUT2D eigenvalue weighted by Gasteiger charge is -2.28. The minimum absolute atomic E-state index is 0.286. The minimum atomic E-state index is 0.286. The Morgan fingerprint density at radius 2 is 2.50 bits per heavy atom. The predicted octanol–water partition coefficient (Wildman–Crippen LogP) is 1.93. The molecule has 1 aromatic heterocycles. The summed E-state index contributed by atoms with van der Waals surface area (Å²) >= 11 is 0. The Bertz CT molecular complexity index is 399. The molecule has 0 spiro atoms. The van der Waals surface area contributed by atoms with Crippen LogP contribution in [0.25, 0.3) is 0 Å². The van der Waals surface area contributed by atoms with Crippen molar-refractivity contribution in [2.24, 2.45) is 0 Å². The van der Waals surface area contributed by atoms with Gasteiger partial charge in [0.25, 0.3) is 0 Å². The van der Waals surface area contributed by atoms with Gasteiger partial charge < -0.3 is 10.1 Å². The highest BCUT2D eigenvalue weighted by molar-refractivity contribution is 5.55. The molecule has 16 heavy (non-hydrogen) atoms. The zero-order valence-electron chi connectivity index (χ0n) is 9.31. The van der Waals surface area contributed by atoms with Crippen molar-refractivity contribution in [1.29, 1.82) is 5.26 Å². The van der Waals surface area contributed by atoms with Crippen LogP contribution in [-0.2, 0) is 4.74 Å². The maximum atomic E-state index is 8.96. The molecule has 84 valence electrons. The second-order valence-electron chi connectivity index (χ2n) is 4.08. The van der Waals surface area contributed by atoms with Crippen molar-refractivity contribution in [3.05, 3.63) is 24.0 Å². The van der Waals surface area contributed by atoms with Crippen LogP contribution in [0.4, 0.5) is 5.69 Å². The smallest absolute Gasteiger partial charge is 0.101 e. The average molecular weight is 217 g/mol. The van der Waals surface area contributed by atoms with Gasteiger partial charge in [-0.1, -0.05) is 0 Å². The van der Waals surface area contributed by atoms with E-state index in [2.05, 4.69) is 23.3 Å². The van der Waals surface area contributed by atoms with Crippen molar-refractivity contribution in [3.63, 3.8) is 0 Å². The molecule has 0 radical (unpaired) electrons. The molecule has 0 aromatic carbocycles. The van der Waals surface area contributed by atoms with Crippen molar-refractivity contribution in [2.45, 2.75) is 31.9 Å². The lowest BCUT2D eigenvalue weighted by atomic mass is 10.0. The quantitative estimate of drug-likeness (QED) is 0.822. The molecule has 2 heterocycles. The van der Waals surface area contributed by atoms with E-state index in [9.17, 15) is 0 Å². The maximum Gasteiger partial charge on any atom is 0.101 e. The monoisotopic (exact) mass is 217 g/mol. The molecule has 1 saturated heterocycles. The van der Waals surface area contributed by atoms with Gasteiger partial charge in [-0.15, -0.1) is 0 Å². The van der Waals surface area contributed by atoms with Crippen LogP contribution in [0.3, 0.4) is 0 Å². The van der Waals surface area contributed by atoms with E-state index in [0.29, 0.717) is 11.6 Å². The molecular weight excluding hydrogens is 202 g/mol. The highest BCUT2D eigenvalue weighted by Crippen LogP contribution is 2.20. The predicted molar refractivity (Wildman–Crippen MR) is 61.0 cm³/mol. The summed E-state index contributed by atoms with van der Waals surface area (Å²) in [4.78, 5) is 4.03. The number of anilines is 1. The van der Waals surface area contributed by atoms with E-state index in [1.165, 1.54) is 0 Å².